The molecule has 0 bridgehead atoms. The molecule has 1 aliphatic heterocycles. The lowest BCUT2D eigenvalue weighted by molar-refractivity contribution is -0.139. The number of aliphatic hydroxyl groups excluding tert-OH is 1. The van der Waals surface area contributed by atoms with Crippen LogP contribution in [-0.2, 0) is 16.0 Å². The summed E-state index contributed by atoms with van der Waals surface area (Å²) in [4.78, 5) is 28.5. The van der Waals surface area contributed by atoms with Gasteiger partial charge in [-0.3, -0.25) is 9.59 Å². The Balaban J connectivity index is 1.75. The minimum Gasteiger partial charge on any atom is -0.507 e. The normalized spacial score (nSPS) is 18.0. The molecular weight excluding hydrogens is 430 g/mol. The zero-order valence-electron chi connectivity index (χ0n) is 17.3. The fourth-order valence-corrected chi connectivity index (χ4v) is 4.99. The minimum atomic E-state index is -0.646. The number of carbonyl (C=O) groups is 2. The quantitative estimate of drug-likeness (QED) is 0.308. The Bertz CT molecular complexity index is 1160. The molecule has 1 saturated heterocycles. The smallest absolute Gasteiger partial charge is 0.295 e. The van der Waals surface area contributed by atoms with Crippen molar-refractivity contribution in [3.05, 3.63) is 97.7 Å². The Morgan fingerprint density at radius 1 is 1.03 bits per heavy atom. The number of likely N-dealkylation sites (tertiary alicyclic amines) is 1. The van der Waals surface area contributed by atoms with E-state index >= 15 is 0 Å². The van der Waals surface area contributed by atoms with Crippen LogP contribution in [0.3, 0.4) is 0 Å². The van der Waals surface area contributed by atoms with Gasteiger partial charge in [-0.2, -0.15) is 0 Å². The van der Waals surface area contributed by atoms with Gasteiger partial charge in [-0.25, -0.2) is 0 Å². The van der Waals surface area contributed by atoms with E-state index in [2.05, 4.69) is 0 Å². The third kappa shape index (κ3) is 4.16. The highest BCUT2D eigenvalue weighted by atomic mass is 35.5. The molecule has 31 heavy (non-hydrogen) atoms. The lowest BCUT2D eigenvalue weighted by atomic mass is 9.98. The van der Waals surface area contributed by atoms with E-state index in [0.29, 0.717) is 23.6 Å². The SMILES string of the molecule is Cc1ccc(/C(O)=C2/C(=O)C(=O)N(CCc3ccc(Cl)cc3)C2c2sccc2C)cc1. The van der Waals surface area contributed by atoms with Crippen molar-refractivity contribution in [1.29, 1.82) is 0 Å². The number of nitrogens with zero attached hydrogens (tertiary/aromatic N) is 1. The van der Waals surface area contributed by atoms with Crippen molar-refractivity contribution >= 4 is 40.4 Å². The maximum Gasteiger partial charge on any atom is 0.295 e. The second-order valence-electron chi connectivity index (χ2n) is 7.70. The maximum atomic E-state index is 13.0. The summed E-state index contributed by atoms with van der Waals surface area (Å²) in [6.07, 6.45) is 0.579. The van der Waals surface area contributed by atoms with E-state index in [4.69, 9.17) is 11.6 Å². The molecule has 2 aromatic carbocycles. The van der Waals surface area contributed by atoms with Gasteiger partial charge in [-0.05, 0) is 55.0 Å². The van der Waals surface area contributed by atoms with E-state index in [0.717, 1.165) is 21.6 Å². The third-order valence-electron chi connectivity index (χ3n) is 5.57. The van der Waals surface area contributed by atoms with Crippen molar-refractivity contribution in [1.82, 2.24) is 4.90 Å². The fraction of sp³-hybridized carbons (Fsp3) is 0.200. The van der Waals surface area contributed by atoms with Crippen LogP contribution in [0.5, 0.6) is 0 Å². The van der Waals surface area contributed by atoms with Crippen LogP contribution >= 0.6 is 22.9 Å². The number of carbonyl (C=O) groups excluding carboxylic acids is 2. The van der Waals surface area contributed by atoms with Crippen LogP contribution in [-0.4, -0.2) is 28.2 Å². The fourth-order valence-electron chi connectivity index (χ4n) is 3.82. The molecule has 2 heterocycles. The molecule has 1 amide bonds. The highest BCUT2D eigenvalue weighted by Gasteiger charge is 2.46. The van der Waals surface area contributed by atoms with Gasteiger partial charge in [0.1, 0.15) is 5.76 Å². The van der Waals surface area contributed by atoms with Crippen LogP contribution in [0.4, 0.5) is 0 Å². The number of aryl methyl sites for hydroxylation is 2. The Labute approximate surface area is 190 Å². The number of benzene rings is 2. The molecular formula is C25H22ClNO3S. The van der Waals surface area contributed by atoms with Crippen molar-refractivity contribution < 1.29 is 14.7 Å². The molecule has 1 atom stereocenters. The molecule has 4 rings (SSSR count). The van der Waals surface area contributed by atoms with Gasteiger partial charge in [0.15, 0.2) is 0 Å². The van der Waals surface area contributed by atoms with Crippen LogP contribution in [0.2, 0.25) is 5.02 Å². The average Bonchev–Trinajstić information content (AvgIpc) is 3.28. The number of amides is 1. The van der Waals surface area contributed by atoms with E-state index in [9.17, 15) is 14.7 Å². The molecule has 0 spiro atoms. The largest absolute Gasteiger partial charge is 0.507 e. The first-order valence-electron chi connectivity index (χ1n) is 10.0. The number of thiophene rings is 1. The lowest BCUT2D eigenvalue weighted by Crippen LogP contribution is -2.31. The second kappa shape index (κ2) is 8.69. The summed E-state index contributed by atoms with van der Waals surface area (Å²) in [7, 11) is 0. The van der Waals surface area contributed by atoms with Gasteiger partial charge in [0, 0.05) is 22.0 Å². The number of hydrogen-bond donors (Lipinski definition) is 1. The maximum absolute atomic E-state index is 13.0. The molecule has 1 aliphatic rings. The summed E-state index contributed by atoms with van der Waals surface area (Å²) >= 11 is 7.46. The third-order valence-corrected chi connectivity index (χ3v) is 6.89. The summed E-state index contributed by atoms with van der Waals surface area (Å²) < 4.78 is 0. The van der Waals surface area contributed by atoms with E-state index in [1.165, 1.54) is 11.3 Å². The van der Waals surface area contributed by atoms with E-state index < -0.39 is 17.7 Å². The molecule has 1 N–H and O–H groups in total. The highest BCUT2D eigenvalue weighted by molar-refractivity contribution is 7.10. The van der Waals surface area contributed by atoms with Crippen molar-refractivity contribution in [3.63, 3.8) is 0 Å². The molecule has 0 aliphatic carbocycles. The number of rotatable bonds is 5. The number of aliphatic hydroxyl groups is 1. The molecule has 0 saturated carbocycles. The van der Waals surface area contributed by atoms with Crippen molar-refractivity contribution in [2.45, 2.75) is 26.3 Å². The number of halogens is 1. The summed E-state index contributed by atoms with van der Waals surface area (Å²) in [6, 6.07) is 16.1. The Kier molecular flexibility index (Phi) is 5.99. The zero-order valence-corrected chi connectivity index (χ0v) is 18.8. The van der Waals surface area contributed by atoms with E-state index in [-0.39, 0.29) is 11.3 Å². The lowest BCUT2D eigenvalue weighted by Gasteiger charge is -2.25. The predicted molar refractivity (Wildman–Crippen MR) is 124 cm³/mol. The second-order valence-corrected chi connectivity index (χ2v) is 9.09. The van der Waals surface area contributed by atoms with Gasteiger partial charge in [-0.1, -0.05) is 53.6 Å². The highest BCUT2D eigenvalue weighted by Crippen LogP contribution is 2.42. The van der Waals surface area contributed by atoms with Gasteiger partial charge in [-0.15, -0.1) is 11.3 Å². The molecule has 4 nitrogen and oxygen atoms in total. The predicted octanol–water partition coefficient (Wildman–Crippen LogP) is 5.68. The molecule has 3 aromatic rings. The van der Waals surface area contributed by atoms with Crippen molar-refractivity contribution in [2.75, 3.05) is 6.54 Å². The minimum absolute atomic E-state index is 0.134. The first-order chi connectivity index (χ1) is 14.9. The molecule has 1 fully saturated rings. The van der Waals surface area contributed by atoms with Crippen molar-refractivity contribution in [2.24, 2.45) is 0 Å². The first-order valence-corrected chi connectivity index (χ1v) is 11.3. The summed E-state index contributed by atoms with van der Waals surface area (Å²) in [6.45, 7) is 4.27. The average molecular weight is 452 g/mol. The van der Waals surface area contributed by atoms with Crippen LogP contribution < -0.4 is 0 Å². The van der Waals surface area contributed by atoms with Crippen LogP contribution in [0.25, 0.3) is 5.76 Å². The van der Waals surface area contributed by atoms with Crippen LogP contribution in [0.15, 0.2) is 65.6 Å². The molecule has 158 valence electrons. The monoisotopic (exact) mass is 451 g/mol. The zero-order chi connectivity index (χ0) is 22.1. The van der Waals surface area contributed by atoms with Crippen molar-refractivity contribution in [3.8, 4) is 0 Å². The standard InChI is InChI=1S/C25H22ClNO3S/c1-15-3-7-18(8-4-15)22(28)20-21(24-16(2)12-14-31-24)27(25(30)23(20)29)13-11-17-5-9-19(26)10-6-17/h3-10,12,14,21,28H,11,13H2,1-2H3/b22-20-. The Morgan fingerprint density at radius 2 is 1.71 bits per heavy atom. The Hall–Kier alpha value is -2.89. The number of ketones is 1. The van der Waals surface area contributed by atoms with Gasteiger partial charge in [0.05, 0.1) is 11.6 Å². The van der Waals surface area contributed by atoms with E-state index in [1.54, 1.807) is 17.0 Å². The van der Waals surface area contributed by atoms with E-state index in [1.807, 2.05) is 61.7 Å². The Morgan fingerprint density at radius 3 is 2.32 bits per heavy atom. The number of hydrogen-bond acceptors (Lipinski definition) is 4. The summed E-state index contributed by atoms with van der Waals surface area (Å²) in [5, 5.41) is 13.7. The topological polar surface area (TPSA) is 57.6 Å². The van der Waals surface area contributed by atoms with Gasteiger partial charge in [0.25, 0.3) is 11.7 Å². The molecule has 6 heteroatoms. The first kappa shape index (κ1) is 21.3. The van der Waals surface area contributed by atoms with Gasteiger partial charge < -0.3 is 10.0 Å². The molecule has 1 aromatic heterocycles. The molecule has 0 radical (unpaired) electrons. The summed E-state index contributed by atoms with van der Waals surface area (Å²) in [5.41, 5.74) is 3.73. The summed E-state index contributed by atoms with van der Waals surface area (Å²) in [5.74, 6) is -1.36. The van der Waals surface area contributed by atoms with Gasteiger partial charge >= 0.3 is 0 Å². The van der Waals surface area contributed by atoms with Gasteiger partial charge in [0.2, 0.25) is 0 Å². The van der Waals surface area contributed by atoms with Crippen LogP contribution in [0, 0.1) is 13.8 Å². The number of Topliss-reactive ketones (excluding diaryl/α,β-unsaturated/α-hetero) is 1. The molecule has 1 unspecified atom stereocenters. The van der Waals surface area contributed by atoms with Crippen LogP contribution in [0.1, 0.15) is 33.2 Å².